The first kappa shape index (κ1) is 24.6. The predicted molar refractivity (Wildman–Crippen MR) is 130 cm³/mol. The van der Waals surface area contributed by atoms with E-state index in [4.69, 9.17) is 31.2 Å². The molecule has 1 aliphatic carbocycles. The highest BCUT2D eigenvalue weighted by molar-refractivity contribution is 7.11. The lowest BCUT2D eigenvalue weighted by Gasteiger charge is -2.46. The average molecular weight is 493 g/mol. The summed E-state index contributed by atoms with van der Waals surface area (Å²) in [6, 6.07) is 8.84. The fourth-order valence-corrected chi connectivity index (χ4v) is 6.22. The smallest absolute Gasteiger partial charge is 0.329 e. The summed E-state index contributed by atoms with van der Waals surface area (Å²) in [6.45, 7) is 5.67. The highest BCUT2D eigenvalue weighted by atomic mass is 35.5. The van der Waals surface area contributed by atoms with Gasteiger partial charge in [0.05, 0.1) is 30.0 Å². The van der Waals surface area contributed by atoms with Crippen LogP contribution >= 0.6 is 22.9 Å². The van der Waals surface area contributed by atoms with Crippen LogP contribution in [0.1, 0.15) is 52.7 Å². The first-order valence-corrected chi connectivity index (χ1v) is 12.9. The molecule has 1 aromatic carbocycles. The van der Waals surface area contributed by atoms with Crippen LogP contribution in [0.5, 0.6) is 0 Å². The van der Waals surface area contributed by atoms with Crippen LogP contribution in [0.2, 0.25) is 5.02 Å². The topological polar surface area (TPSA) is 71.9 Å². The van der Waals surface area contributed by atoms with Gasteiger partial charge >= 0.3 is 5.97 Å². The molecule has 1 saturated heterocycles. The molecule has 2 atom stereocenters. The number of morpholine rings is 1. The van der Waals surface area contributed by atoms with Gasteiger partial charge in [0.25, 0.3) is 0 Å². The molecule has 4 rings (SSSR count). The predicted octanol–water partition coefficient (Wildman–Crippen LogP) is 4.85. The average Bonchev–Trinajstić information content (AvgIpc) is 3.14. The second kappa shape index (κ2) is 11.3. The van der Waals surface area contributed by atoms with Crippen molar-refractivity contribution in [2.75, 3.05) is 26.4 Å². The maximum atomic E-state index is 10.8. The van der Waals surface area contributed by atoms with Crippen molar-refractivity contribution in [3.63, 3.8) is 0 Å². The Morgan fingerprint density at radius 2 is 1.97 bits per heavy atom. The second-order valence-electron chi connectivity index (χ2n) is 9.24. The maximum Gasteiger partial charge on any atom is 0.329 e. The van der Waals surface area contributed by atoms with E-state index in [1.165, 1.54) is 15.4 Å². The summed E-state index contributed by atoms with van der Waals surface area (Å²) < 4.78 is 11.5. The molecule has 2 aliphatic rings. The number of carbonyl (C=O) groups is 1. The van der Waals surface area contributed by atoms with Crippen molar-refractivity contribution in [1.29, 1.82) is 0 Å². The van der Waals surface area contributed by atoms with Crippen LogP contribution in [0.15, 0.2) is 24.3 Å². The summed E-state index contributed by atoms with van der Waals surface area (Å²) >= 11 is 7.93. The molecule has 2 aromatic rings. The molecule has 0 bridgehead atoms. The molecule has 0 radical (unpaired) electrons. The summed E-state index contributed by atoms with van der Waals surface area (Å²) in [7, 11) is 0. The summed E-state index contributed by atoms with van der Waals surface area (Å²) in [4.78, 5) is 19.6. The van der Waals surface area contributed by atoms with Crippen molar-refractivity contribution in [3.05, 3.63) is 50.4 Å². The van der Waals surface area contributed by atoms with E-state index in [-0.39, 0.29) is 18.8 Å². The molecule has 0 spiro atoms. The third-order valence-corrected chi connectivity index (χ3v) is 8.37. The SMILES string of the molecule is Cc1nc(C2CCC(N3C[C@H](COCC(=O)O)OC[C@@H]3Cc3ccc(Cl)cc3)CC2)sc1C. The van der Waals surface area contributed by atoms with Crippen LogP contribution in [-0.4, -0.2) is 65.5 Å². The van der Waals surface area contributed by atoms with E-state index < -0.39 is 5.97 Å². The molecular weight excluding hydrogens is 460 g/mol. The lowest BCUT2D eigenvalue weighted by atomic mass is 9.84. The molecule has 2 fully saturated rings. The number of rotatable bonds is 8. The number of nitrogens with zero attached hydrogens (tertiary/aromatic N) is 2. The summed E-state index contributed by atoms with van der Waals surface area (Å²) in [6.07, 6.45) is 5.40. The summed E-state index contributed by atoms with van der Waals surface area (Å²) in [5.41, 5.74) is 2.42. The van der Waals surface area contributed by atoms with E-state index in [0.29, 0.717) is 25.2 Å². The number of thiazole rings is 1. The zero-order chi connectivity index (χ0) is 23.4. The largest absolute Gasteiger partial charge is 0.480 e. The van der Waals surface area contributed by atoms with Crippen molar-refractivity contribution in [2.24, 2.45) is 0 Å². The number of aromatic nitrogens is 1. The minimum Gasteiger partial charge on any atom is -0.480 e. The third-order valence-electron chi connectivity index (χ3n) is 6.88. The number of hydrogen-bond donors (Lipinski definition) is 1. The number of benzene rings is 1. The number of carboxylic acid groups (broad SMARTS) is 1. The lowest BCUT2D eigenvalue weighted by molar-refractivity contribution is -0.147. The van der Waals surface area contributed by atoms with Gasteiger partial charge in [0, 0.05) is 34.4 Å². The van der Waals surface area contributed by atoms with E-state index in [0.717, 1.165) is 49.4 Å². The lowest BCUT2D eigenvalue weighted by Crippen LogP contribution is -2.56. The van der Waals surface area contributed by atoms with Gasteiger partial charge in [-0.15, -0.1) is 11.3 Å². The van der Waals surface area contributed by atoms with E-state index >= 15 is 0 Å². The Bertz CT molecular complexity index is 907. The molecule has 6 nitrogen and oxygen atoms in total. The van der Waals surface area contributed by atoms with Gasteiger partial charge in [-0.05, 0) is 63.6 Å². The highest BCUT2D eigenvalue weighted by Crippen LogP contribution is 2.38. The fraction of sp³-hybridized carbons (Fsp3) is 0.600. The molecule has 1 saturated carbocycles. The van der Waals surface area contributed by atoms with Crippen molar-refractivity contribution in [1.82, 2.24) is 9.88 Å². The van der Waals surface area contributed by atoms with E-state index in [1.54, 1.807) is 0 Å². The third kappa shape index (κ3) is 6.55. The normalized spacial score (nSPS) is 26.4. The van der Waals surface area contributed by atoms with Gasteiger partial charge in [0.15, 0.2) is 0 Å². The van der Waals surface area contributed by atoms with Crippen LogP contribution in [-0.2, 0) is 20.7 Å². The zero-order valence-corrected chi connectivity index (χ0v) is 20.9. The number of aryl methyl sites for hydroxylation is 2. The Kier molecular flexibility index (Phi) is 8.41. The van der Waals surface area contributed by atoms with Crippen LogP contribution < -0.4 is 0 Å². The van der Waals surface area contributed by atoms with E-state index in [1.807, 2.05) is 23.5 Å². The molecule has 180 valence electrons. The molecule has 1 N–H and O–H groups in total. The summed E-state index contributed by atoms with van der Waals surface area (Å²) in [5, 5.41) is 10.9. The fourth-order valence-electron chi connectivity index (χ4n) is 5.00. The quantitative estimate of drug-likeness (QED) is 0.567. The van der Waals surface area contributed by atoms with Gasteiger partial charge in [-0.3, -0.25) is 4.90 Å². The zero-order valence-electron chi connectivity index (χ0n) is 19.3. The molecule has 0 unspecified atom stereocenters. The first-order valence-electron chi connectivity index (χ1n) is 11.7. The van der Waals surface area contributed by atoms with Gasteiger partial charge in [-0.2, -0.15) is 0 Å². The highest BCUT2D eigenvalue weighted by Gasteiger charge is 2.36. The van der Waals surface area contributed by atoms with Gasteiger partial charge in [0.2, 0.25) is 0 Å². The van der Waals surface area contributed by atoms with Crippen LogP contribution in [0, 0.1) is 13.8 Å². The molecule has 0 amide bonds. The number of ether oxygens (including phenoxy) is 2. The Balaban J connectivity index is 1.41. The van der Waals surface area contributed by atoms with Gasteiger partial charge < -0.3 is 14.6 Å². The molecule has 1 aromatic heterocycles. The summed E-state index contributed by atoms with van der Waals surface area (Å²) in [5.74, 6) is -0.390. The Labute approximate surface area is 204 Å². The monoisotopic (exact) mass is 492 g/mol. The van der Waals surface area contributed by atoms with Crippen molar-refractivity contribution in [2.45, 2.75) is 70.1 Å². The van der Waals surface area contributed by atoms with Crippen LogP contribution in [0.3, 0.4) is 0 Å². The number of carboxylic acids is 1. The molecule has 33 heavy (non-hydrogen) atoms. The Morgan fingerprint density at radius 3 is 2.61 bits per heavy atom. The van der Waals surface area contributed by atoms with E-state index in [2.05, 4.69) is 30.9 Å². The molecule has 2 heterocycles. The molecule has 8 heteroatoms. The van der Waals surface area contributed by atoms with Crippen molar-refractivity contribution >= 4 is 28.9 Å². The molecular formula is C25H33ClN2O4S. The van der Waals surface area contributed by atoms with Gasteiger partial charge in [-0.25, -0.2) is 9.78 Å². The number of halogens is 1. The first-order chi connectivity index (χ1) is 15.9. The minimum atomic E-state index is -0.950. The van der Waals surface area contributed by atoms with Crippen molar-refractivity contribution < 1.29 is 19.4 Å². The van der Waals surface area contributed by atoms with Gasteiger partial charge in [0.1, 0.15) is 6.61 Å². The Morgan fingerprint density at radius 1 is 1.24 bits per heavy atom. The standard InChI is InChI=1S/C25H33ClN2O4S/c1-16-17(2)33-25(27-16)19-5-9-21(10-6-19)28-12-23(14-31-15-24(29)30)32-13-22(28)11-18-3-7-20(26)8-4-18/h3-4,7-8,19,21-23H,5-6,9-15H2,1-2H3,(H,29,30)/t19?,21?,22-,23+/m0/s1. The van der Waals surface area contributed by atoms with Crippen molar-refractivity contribution in [3.8, 4) is 0 Å². The minimum absolute atomic E-state index is 0.104. The maximum absolute atomic E-state index is 10.8. The van der Waals surface area contributed by atoms with Crippen LogP contribution in [0.25, 0.3) is 0 Å². The van der Waals surface area contributed by atoms with Crippen LogP contribution in [0.4, 0.5) is 0 Å². The van der Waals surface area contributed by atoms with E-state index in [9.17, 15) is 4.79 Å². The second-order valence-corrected chi connectivity index (χ2v) is 10.9. The van der Waals surface area contributed by atoms with Gasteiger partial charge in [-0.1, -0.05) is 23.7 Å². The Hall–Kier alpha value is -1.51. The number of aliphatic carboxylic acids is 1. The molecule has 1 aliphatic heterocycles. The number of hydrogen-bond acceptors (Lipinski definition) is 6.